The number of carbonyl (C=O) groups is 2. The lowest BCUT2D eigenvalue weighted by Crippen LogP contribution is -2.48. The van der Waals surface area contributed by atoms with E-state index in [2.05, 4.69) is 38.1 Å². The summed E-state index contributed by atoms with van der Waals surface area (Å²) in [5, 5.41) is 44.1. The molecular weight excluding hydrogens is 1150 g/mol. The lowest BCUT2D eigenvalue weighted by Gasteiger charge is -2.26. The monoisotopic (exact) mass is 1220 g/mol. The van der Waals surface area contributed by atoms with Gasteiger partial charge in [0.25, 0.3) is 11.1 Å². The molecule has 6 aromatic heterocycles. The van der Waals surface area contributed by atoms with E-state index in [4.69, 9.17) is 24.0 Å². The highest BCUT2D eigenvalue weighted by Gasteiger charge is 2.34. The molecule has 24 nitrogen and oxygen atoms in total. The van der Waals surface area contributed by atoms with Crippen LogP contribution in [-0.2, 0) is 38.6 Å². The second kappa shape index (κ2) is 25.5. The second-order valence-electron chi connectivity index (χ2n) is 22.5. The molecule has 2 amide bonds. The summed E-state index contributed by atoms with van der Waals surface area (Å²) in [4.78, 5) is 90.2. The van der Waals surface area contributed by atoms with Crippen molar-refractivity contribution in [1.29, 1.82) is 10.5 Å². The van der Waals surface area contributed by atoms with Crippen molar-refractivity contribution in [2.24, 2.45) is 10.8 Å². The summed E-state index contributed by atoms with van der Waals surface area (Å²) in [7, 11) is 2.78. The van der Waals surface area contributed by atoms with Crippen molar-refractivity contribution in [3.63, 3.8) is 0 Å². The molecule has 8 aromatic rings. The molecule has 0 fully saturated rings. The maximum absolute atomic E-state index is 15.1. The van der Waals surface area contributed by atoms with Crippen LogP contribution in [0.15, 0.2) is 74.2 Å². The number of nitrogens with one attached hydrogen (secondary N) is 2. The van der Waals surface area contributed by atoms with Crippen molar-refractivity contribution in [1.82, 2.24) is 58.9 Å². The molecule has 0 spiro atoms. The number of benzene rings is 2. The van der Waals surface area contributed by atoms with Crippen LogP contribution in [0.1, 0.15) is 115 Å². The Balaban J connectivity index is 1.15. The fourth-order valence-electron chi connectivity index (χ4n) is 9.68. The lowest BCUT2D eigenvalue weighted by atomic mass is 9.97. The van der Waals surface area contributed by atoms with Crippen LogP contribution in [-0.4, -0.2) is 99.6 Å². The number of aromatic nitrogens is 10. The number of fused-ring (bicyclic) bond motifs is 2. The largest absolute Gasteiger partial charge is 0.496 e. The van der Waals surface area contributed by atoms with Gasteiger partial charge in [-0.3, -0.25) is 28.3 Å². The van der Waals surface area contributed by atoms with Gasteiger partial charge in [-0.1, -0.05) is 22.7 Å². The summed E-state index contributed by atoms with van der Waals surface area (Å²) in [5.74, 6) is -2.11. The molecule has 0 bridgehead atoms. The summed E-state index contributed by atoms with van der Waals surface area (Å²) in [6.45, 7) is 16.9. The van der Waals surface area contributed by atoms with Crippen molar-refractivity contribution >= 4 is 54.9 Å². The van der Waals surface area contributed by atoms with Gasteiger partial charge in [0.2, 0.25) is 11.8 Å². The van der Waals surface area contributed by atoms with E-state index in [1.807, 2.05) is 0 Å². The SMILES string of the molecule is COc1ccc(F)cc1[C@H](Cn1c(=O)n([C@H](C)C(=O)NC(C)Cc2cnn(-c3sc4c(c3C)c(=O)n([C@@H](C)C(=O)NC(C)C)c(=O)n4C[C@H](OCC(C)(C)C#N)c3cc(F)ccc3OC)n2)c(=O)c2c(C)c(-n3nccn3)sc21)OCC(C)(C)C#N. The van der Waals surface area contributed by atoms with Crippen LogP contribution < -0.4 is 42.6 Å². The fraction of sp³-hybridized carbons (Fsp3) is 0.448. The first-order chi connectivity index (χ1) is 40.6. The van der Waals surface area contributed by atoms with E-state index in [1.54, 1.807) is 62.3 Å². The molecule has 2 N–H and O–H groups in total. The third-order valence-electron chi connectivity index (χ3n) is 14.3. The van der Waals surface area contributed by atoms with Crippen molar-refractivity contribution in [3.8, 4) is 33.6 Å². The zero-order chi connectivity index (χ0) is 62.9. The van der Waals surface area contributed by atoms with Gasteiger partial charge in [0.05, 0.1) is 98.5 Å². The minimum Gasteiger partial charge on any atom is -0.496 e. The molecule has 454 valence electrons. The number of nitriles is 2. The summed E-state index contributed by atoms with van der Waals surface area (Å²) in [6.07, 6.45) is 2.14. The number of hydrogen-bond acceptors (Lipinski definition) is 18. The van der Waals surface area contributed by atoms with Gasteiger partial charge >= 0.3 is 11.4 Å². The Hall–Kier alpha value is -8.70. The van der Waals surface area contributed by atoms with Crippen LogP contribution in [0.3, 0.4) is 0 Å². The topological polar surface area (TPSA) is 292 Å². The number of ether oxygens (including phenoxy) is 4. The standard InChI is InChI=1S/C58H66F2N14O10S2/c1-30(2)66-47(75)34(6)71-50(78)46-33(5)52(86-54(46)70(55(71)79)25-44(84-29-58(10,11)27-62)40-22-37(60)15-17-42(40)82-13)74-65-23-38(68-74)20-31(3)67-48(76)35(7)72-49(77)45-32(4)51(73-63-18-19-64-73)85-53(45)69(56(72)80)24-43(83-28-57(8,9)26-61)39-21-36(59)14-16-41(39)81-12/h14-19,21-23,30-31,34-35,43-44H,20,24-25,28-29H2,1-13H3,(H,66,75)(H,67,76)/t31?,34-,35+,43-,44-/m0/s1. The molecule has 1 unspecified atom stereocenters. The average molecular weight is 1220 g/mol. The van der Waals surface area contributed by atoms with Crippen molar-refractivity contribution in [2.45, 2.75) is 132 Å². The van der Waals surface area contributed by atoms with Crippen molar-refractivity contribution < 1.29 is 37.3 Å². The number of methoxy groups -OCH3 is 2. The predicted molar refractivity (Wildman–Crippen MR) is 316 cm³/mol. The van der Waals surface area contributed by atoms with E-state index in [1.165, 1.54) is 102 Å². The molecular formula is C58H66F2N14O10S2. The van der Waals surface area contributed by atoms with Gasteiger partial charge in [-0.15, -0.1) is 9.59 Å². The summed E-state index contributed by atoms with van der Waals surface area (Å²) < 4.78 is 58.2. The Labute approximate surface area is 499 Å². The molecule has 5 atom stereocenters. The van der Waals surface area contributed by atoms with Crippen molar-refractivity contribution in [2.75, 3.05) is 27.4 Å². The number of carbonyl (C=O) groups excluding carboxylic acids is 2. The molecule has 28 heteroatoms. The van der Waals surface area contributed by atoms with Gasteiger partial charge < -0.3 is 29.6 Å². The van der Waals surface area contributed by atoms with Crippen LogP contribution >= 0.6 is 22.7 Å². The quantitative estimate of drug-likeness (QED) is 0.0625. The van der Waals surface area contributed by atoms with Crippen LogP contribution in [0, 0.1) is 59.0 Å². The van der Waals surface area contributed by atoms with Crippen molar-refractivity contribution in [3.05, 3.63) is 136 Å². The van der Waals surface area contributed by atoms with E-state index in [-0.39, 0.29) is 81.8 Å². The first kappa shape index (κ1) is 63.3. The normalized spacial score (nSPS) is 13.7. The molecule has 0 aliphatic carbocycles. The number of nitrogens with zero attached hydrogens (tertiary/aromatic N) is 12. The molecule has 0 saturated carbocycles. The molecule has 86 heavy (non-hydrogen) atoms. The smallest absolute Gasteiger partial charge is 0.332 e. The first-order valence-electron chi connectivity index (χ1n) is 27.3. The van der Waals surface area contributed by atoms with Gasteiger partial charge in [0, 0.05) is 40.8 Å². The van der Waals surface area contributed by atoms with Gasteiger partial charge in [0.15, 0.2) is 0 Å². The van der Waals surface area contributed by atoms with E-state index in [9.17, 15) is 34.5 Å². The van der Waals surface area contributed by atoms with Crippen LogP contribution in [0.25, 0.3) is 30.4 Å². The summed E-state index contributed by atoms with van der Waals surface area (Å²) in [6, 6.07) is 8.21. The Morgan fingerprint density at radius 1 is 0.663 bits per heavy atom. The average Bonchev–Trinajstić information content (AvgIpc) is 1.56. The maximum atomic E-state index is 15.1. The Bertz CT molecular complexity index is 4220. The van der Waals surface area contributed by atoms with Gasteiger partial charge in [-0.05, 0) is 113 Å². The molecule has 0 saturated heterocycles. The Kier molecular flexibility index (Phi) is 18.8. The molecule has 0 radical (unpaired) electrons. The second-order valence-corrected chi connectivity index (χ2v) is 24.5. The number of aryl methyl sites for hydroxylation is 2. The number of amides is 2. The number of halogens is 2. The first-order valence-corrected chi connectivity index (χ1v) is 29.0. The number of rotatable bonds is 24. The molecule has 6 heterocycles. The summed E-state index contributed by atoms with van der Waals surface area (Å²) >= 11 is 2.05. The van der Waals surface area contributed by atoms with Crippen LogP contribution in [0.5, 0.6) is 11.5 Å². The minimum absolute atomic E-state index is 0.0590. The molecule has 0 aliphatic rings. The molecule has 8 rings (SSSR count). The van der Waals surface area contributed by atoms with Gasteiger partial charge in [0.1, 0.15) is 67.1 Å². The fourth-order valence-corrected chi connectivity index (χ4v) is 12.1. The number of thiophene rings is 2. The zero-order valence-corrected chi connectivity index (χ0v) is 51.4. The van der Waals surface area contributed by atoms with E-state index >= 15 is 13.6 Å². The zero-order valence-electron chi connectivity index (χ0n) is 49.7. The number of hydrogen-bond donors (Lipinski definition) is 2. The molecule has 0 aliphatic heterocycles. The van der Waals surface area contributed by atoms with E-state index < -0.39 is 87.1 Å². The lowest BCUT2D eigenvalue weighted by molar-refractivity contribution is -0.125. The Morgan fingerprint density at radius 2 is 1.09 bits per heavy atom. The van der Waals surface area contributed by atoms with E-state index in [0.29, 0.717) is 26.8 Å². The van der Waals surface area contributed by atoms with Crippen LogP contribution in [0.2, 0.25) is 0 Å². The predicted octanol–water partition coefficient (Wildman–Crippen LogP) is 6.85. The van der Waals surface area contributed by atoms with Gasteiger partial charge in [-0.2, -0.15) is 30.9 Å². The maximum Gasteiger partial charge on any atom is 0.332 e. The van der Waals surface area contributed by atoms with Gasteiger partial charge in [-0.25, -0.2) is 27.5 Å². The Morgan fingerprint density at radius 3 is 1.51 bits per heavy atom. The third-order valence-corrected chi connectivity index (χ3v) is 16.9. The minimum atomic E-state index is -1.43. The summed E-state index contributed by atoms with van der Waals surface area (Å²) in [5.41, 5.74) is -3.81. The third kappa shape index (κ3) is 12.9. The highest BCUT2D eigenvalue weighted by molar-refractivity contribution is 7.21. The highest BCUT2D eigenvalue weighted by Crippen LogP contribution is 2.37. The molecule has 2 aromatic carbocycles. The highest BCUT2D eigenvalue weighted by atomic mass is 32.1. The van der Waals surface area contributed by atoms with E-state index in [0.717, 1.165) is 31.8 Å². The van der Waals surface area contributed by atoms with Crippen LogP contribution in [0.4, 0.5) is 8.78 Å².